The third-order valence-electron chi connectivity index (χ3n) is 12.3. The molecule has 1 aliphatic carbocycles. The first kappa shape index (κ1) is 47.6. The van der Waals surface area contributed by atoms with E-state index in [4.69, 9.17) is 47.4 Å². The van der Waals surface area contributed by atoms with E-state index in [1.54, 1.807) is 0 Å². The van der Waals surface area contributed by atoms with Gasteiger partial charge in [-0.1, -0.05) is 187 Å². The van der Waals surface area contributed by atoms with Gasteiger partial charge >= 0.3 is 6.16 Å². The number of benzene rings is 6. The fourth-order valence-electron chi connectivity index (χ4n) is 8.93. The lowest BCUT2D eigenvalue weighted by Crippen LogP contribution is -2.68. The van der Waals surface area contributed by atoms with Crippen LogP contribution in [0.2, 0.25) is 0 Å². The smallest absolute Gasteiger partial charge is 0.424 e. The maximum atomic E-state index is 13.4. The number of hydrogen-bond donors (Lipinski definition) is 0. The van der Waals surface area contributed by atoms with Gasteiger partial charge in [-0.15, -0.1) is 0 Å². The largest absolute Gasteiger partial charge is 0.509 e. The van der Waals surface area contributed by atoms with Gasteiger partial charge in [0.15, 0.2) is 18.5 Å². The van der Waals surface area contributed by atoms with E-state index in [-0.39, 0.29) is 46.2 Å². The van der Waals surface area contributed by atoms with Gasteiger partial charge in [0.25, 0.3) is 0 Å². The van der Waals surface area contributed by atoms with E-state index in [1.165, 1.54) is 0 Å². The van der Waals surface area contributed by atoms with Gasteiger partial charge in [-0.05, 0) is 38.9 Å². The second kappa shape index (κ2) is 24.2. The van der Waals surface area contributed by atoms with Gasteiger partial charge in [-0.25, -0.2) is 4.79 Å². The van der Waals surface area contributed by atoms with E-state index in [0.29, 0.717) is 0 Å². The molecular formula is C55H55N3O11. The van der Waals surface area contributed by atoms with Crippen LogP contribution >= 0.6 is 0 Å². The maximum Gasteiger partial charge on any atom is 0.509 e. The van der Waals surface area contributed by atoms with Crippen LogP contribution in [0.15, 0.2) is 187 Å². The minimum Gasteiger partial charge on any atom is -0.424 e. The number of nitrogens with zero attached hydrogens (tertiary/aromatic N) is 3. The summed E-state index contributed by atoms with van der Waals surface area (Å²) in [7, 11) is 0. The van der Waals surface area contributed by atoms with Crippen molar-refractivity contribution in [2.75, 3.05) is 6.61 Å². The molecule has 0 spiro atoms. The zero-order chi connectivity index (χ0) is 47.0. The molecular weight excluding hydrogens is 879 g/mol. The average molecular weight is 934 g/mol. The lowest BCUT2D eigenvalue weighted by molar-refractivity contribution is -0.327. The van der Waals surface area contributed by atoms with Crippen LogP contribution < -0.4 is 0 Å². The first-order valence-electron chi connectivity index (χ1n) is 23.2. The first-order valence-corrected chi connectivity index (χ1v) is 23.2. The van der Waals surface area contributed by atoms with Crippen LogP contribution in [0.5, 0.6) is 0 Å². The van der Waals surface area contributed by atoms with Gasteiger partial charge in [0, 0.05) is 4.91 Å². The molecule has 14 heteroatoms. The Labute approximate surface area is 401 Å². The number of azide groups is 1. The average Bonchev–Trinajstić information content (AvgIpc) is 3.80. The van der Waals surface area contributed by atoms with E-state index in [9.17, 15) is 10.3 Å². The predicted octanol–water partition coefficient (Wildman–Crippen LogP) is 9.84. The number of carbonyl (C=O) groups excluding carboxylic acids is 1. The Kier molecular flexibility index (Phi) is 16.7. The van der Waals surface area contributed by atoms with Crippen molar-refractivity contribution < 1.29 is 52.2 Å². The summed E-state index contributed by atoms with van der Waals surface area (Å²) in [6.07, 6.45) is -10.8. The molecule has 356 valence electrons. The molecule has 2 saturated heterocycles. The monoisotopic (exact) mass is 933 g/mol. The lowest BCUT2D eigenvalue weighted by Gasteiger charge is -2.49. The second-order valence-corrected chi connectivity index (χ2v) is 17.1. The van der Waals surface area contributed by atoms with Gasteiger partial charge in [0.2, 0.25) is 0 Å². The third kappa shape index (κ3) is 12.6. The van der Waals surface area contributed by atoms with Crippen molar-refractivity contribution in [2.45, 2.75) is 107 Å². The standard InChI is InChI=1S/C55H55N3O11/c56-58-57-45-47(62-33-40-23-11-3-12-24-40)46(61-32-39-21-9-2-10-22-39)44(37-60-31-38-19-7-1-8-20-38)66-54(45)67-51-49(64-35-42-27-15-5-16-28-42)48(63-34-41-25-13-4-14-26-41)50(52-53(51)69-55(59)68-52)65-36-43-29-17-6-18-30-43/h1-30,44-54H,31-37H2/t44?,45?,46-,47+,48?,49-,50?,51+,52+,53?,54?/m0/s1. The maximum absolute atomic E-state index is 13.4. The van der Waals surface area contributed by atoms with Crippen LogP contribution in [-0.2, 0) is 87.0 Å². The Bertz CT molecular complexity index is 2510. The molecule has 1 saturated carbocycles. The van der Waals surface area contributed by atoms with E-state index in [0.717, 1.165) is 33.4 Å². The van der Waals surface area contributed by atoms with Gasteiger partial charge in [-0.3, -0.25) is 0 Å². The molecule has 11 atom stereocenters. The minimum absolute atomic E-state index is 0.0450. The van der Waals surface area contributed by atoms with E-state index in [1.807, 2.05) is 182 Å². The van der Waals surface area contributed by atoms with Gasteiger partial charge in [0.1, 0.15) is 48.8 Å². The van der Waals surface area contributed by atoms with E-state index in [2.05, 4.69) is 10.0 Å². The van der Waals surface area contributed by atoms with Crippen LogP contribution in [0.25, 0.3) is 10.4 Å². The second-order valence-electron chi connectivity index (χ2n) is 17.1. The third-order valence-corrected chi connectivity index (χ3v) is 12.3. The van der Waals surface area contributed by atoms with Crippen molar-refractivity contribution in [3.63, 3.8) is 0 Å². The Morgan fingerprint density at radius 3 is 1.20 bits per heavy atom. The Balaban J connectivity index is 1.09. The Hall–Kier alpha value is -6.42. The Morgan fingerprint density at radius 1 is 0.435 bits per heavy atom. The van der Waals surface area contributed by atoms with E-state index >= 15 is 0 Å². The number of rotatable bonds is 22. The number of hydrogen-bond acceptors (Lipinski definition) is 12. The summed E-state index contributed by atoms with van der Waals surface area (Å²) in [5.74, 6) is 0. The molecule has 0 amide bonds. The van der Waals surface area contributed by atoms with Crippen LogP contribution in [0, 0.1) is 0 Å². The van der Waals surface area contributed by atoms with Gasteiger partial charge < -0.3 is 47.4 Å². The molecule has 0 aromatic heterocycles. The van der Waals surface area contributed by atoms with Crippen molar-refractivity contribution in [1.29, 1.82) is 0 Å². The SMILES string of the molecule is [N-]=[N+]=NC1C(O[C@H]2C3OC(=O)O[C@@H]3C(OCc3ccccc3)C(OCc3ccccc3)[C@@H]2OCc2ccccc2)OC(COCc2ccccc2)[C@H](OCc2ccccc2)[C@@H]1OCc1ccccc1. The number of carbonyl (C=O) groups is 1. The van der Waals surface area contributed by atoms with Crippen LogP contribution in [0.4, 0.5) is 4.79 Å². The highest BCUT2D eigenvalue weighted by Gasteiger charge is 2.62. The fraction of sp³-hybridized carbons (Fsp3) is 0.327. The molecule has 6 aromatic rings. The Morgan fingerprint density at radius 2 is 0.783 bits per heavy atom. The highest BCUT2D eigenvalue weighted by atomic mass is 16.8. The summed E-state index contributed by atoms with van der Waals surface area (Å²) in [6, 6.07) is 57.2. The van der Waals surface area contributed by atoms with Crippen molar-refractivity contribution >= 4 is 6.16 Å². The summed E-state index contributed by atoms with van der Waals surface area (Å²) in [5, 5.41) is 4.33. The lowest BCUT2D eigenvalue weighted by atomic mass is 9.83. The number of ether oxygens (including phenoxy) is 10. The molecule has 69 heavy (non-hydrogen) atoms. The topological polar surface area (TPSA) is 158 Å². The zero-order valence-electron chi connectivity index (χ0n) is 38.0. The van der Waals surface area contributed by atoms with Crippen LogP contribution in [-0.4, -0.2) is 80.0 Å². The van der Waals surface area contributed by atoms with Crippen molar-refractivity contribution in [3.8, 4) is 0 Å². The predicted molar refractivity (Wildman–Crippen MR) is 253 cm³/mol. The number of fused-ring (bicyclic) bond motifs is 1. The van der Waals surface area contributed by atoms with E-state index < -0.39 is 73.4 Å². The fourth-order valence-corrected chi connectivity index (χ4v) is 8.93. The molecule has 2 aliphatic heterocycles. The molecule has 2 heterocycles. The first-order chi connectivity index (χ1) is 34.1. The molecule has 3 fully saturated rings. The molecule has 14 nitrogen and oxygen atoms in total. The summed E-state index contributed by atoms with van der Waals surface area (Å²) in [4.78, 5) is 16.7. The molecule has 0 bridgehead atoms. The van der Waals surface area contributed by atoms with Crippen LogP contribution in [0.1, 0.15) is 33.4 Å². The molecule has 0 radical (unpaired) electrons. The van der Waals surface area contributed by atoms with Gasteiger partial charge in [0.05, 0.1) is 46.2 Å². The molecule has 9 rings (SSSR count). The van der Waals surface area contributed by atoms with Gasteiger partial charge in [-0.2, -0.15) is 0 Å². The van der Waals surface area contributed by atoms with Crippen molar-refractivity contribution in [2.24, 2.45) is 5.11 Å². The summed E-state index contributed by atoms with van der Waals surface area (Å²) < 4.78 is 66.5. The van der Waals surface area contributed by atoms with Crippen LogP contribution in [0.3, 0.4) is 0 Å². The molecule has 0 N–H and O–H groups in total. The quantitative estimate of drug-likeness (QED) is 0.0276. The minimum atomic E-state index is -1.33. The summed E-state index contributed by atoms with van der Waals surface area (Å²) in [6.45, 7) is 1.15. The highest BCUT2D eigenvalue weighted by Crippen LogP contribution is 2.41. The summed E-state index contributed by atoms with van der Waals surface area (Å²) in [5.41, 5.74) is 15.8. The summed E-state index contributed by atoms with van der Waals surface area (Å²) >= 11 is 0. The normalized spacial score (nSPS) is 26.3. The highest BCUT2D eigenvalue weighted by molar-refractivity contribution is 5.63. The molecule has 6 aromatic carbocycles. The zero-order valence-corrected chi connectivity index (χ0v) is 38.0. The van der Waals surface area contributed by atoms with Crippen molar-refractivity contribution in [3.05, 3.63) is 226 Å². The molecule has 3 aliphatic rings. The van der Waals surface area contributed by atoms with Crippen molar-refractivity contribution in [1.82, 2.24) is 0 Å². The molecule has 6 unspecified atom stereocenters.